The minimum absolute atomic E-state index is 0.191. The normalized spacial score (nSPS) is 24.3. The van der Waals surface area contributed by atoms with Gasteiger partial charge in [-0.1, -0.05) is 24.3 Å². The molecule has 2 aromatic heterocycles. The number of hydrogen-bond acceptors (Lipinski definition) is 8. The maximum absolute atomic E-state index is 13.8. The van der Waals surface area contributed by atoms with Gasteiger partial charge in [0.2, 0.25) is 11.8 Å². The van der Waals surface area contributed by atoms with E-state index in [-0.39, 0.29) is 30.7 Å². The number of imide groups is 1. The number of nitrogens with zero attached hydrogens (tertiary/aromatic N) is 2. The molecule has 42 heavy (non-hydrogen) atoms. The van der Waals surface area contributed by atoms with Gasteiger partial charge < -0.3 is 23.9 Å². The van der Waals surface area contributed by atoms with Crippen molar-refractivity contribution in [3.05, 3.63) is 95.2 Å². The Labute approximate surface area is 244 Å². The molecule has 0 saturated carbocycles. The Hall–Kier alpha value is -3.83. The van der Waals surface area contributed by atoms with E-state index in [0.29, 0.717) is 43.1 Å². The zero-order valence-corrected chi connectivity index (χ0v) is 23.4. The largest absolute Gasteiger partial charge is 0.459 e. The quantitative estimate of drug-likeness (QED) is 0.225. The molecule has 216 valence electrons. The first-order valence-electron chi connectivity index (χ1n) is 14.3. The molecule has 0 unspecified atom stereocenters. The number of furan rings is 1. The van der Waals surface area contributed by atoms with Crippen LogP contribution in [0.25, 0.3) is 11.6 Å². The van der Waals surface area contributed by atoms with Gasteiger partial charge >= 0.3 is 7.12 Å². The van der Waals surface area contributed by atoms with E-state index < -0.39 is 25.1 Å². The number of rotatable bonds is 9. The van der Waals surface area contributed by atoms with Crippen LogP contribution in [0.4, 0.5) is 5.69 Å². The highest BCUT2D eigenvalue weighted by Gasteiger charge is 2.57. The molecule has 4 heterocycles. The van der Waals surface area contributed by atoms with Crippen molar-refractivity contribution in [2.24, 2.45) is 17.8 Å². The van der Waals surface area contributed by atoms with E-state index in [0.717, 1.165) is 22.4 Å². The van der Waals surface area contributed by atoms with E-state index >= 15 is 0 Å². The fourth-order valence-corrected chi connectivity index (χ4v) is 6.74. The zero-order chi connectivity index (χ0) is 29.2. The van der Waals surface area contributed by atoms with Gasteiger partial charge in [0.15, 0.2) is 0 Å². The van der Waals surface area contributed by atoms with Crippen molar-refractivity contribution in [1.29, 1.82) is 0 Å². The van der Waals surface area contributed by atoms with Crippen molar-refractivity contribution in [2.45, 2.75) is 38.3 Å². The molecule has 3 aromatic rings. The summed E-state index contributed by atoms with van der Waals surface area (Å²) in [6.45, 7) is 0.126. The number of hydrogen-bond donors (Lipinski definition) is 2. The van der Waals surface area contributed by atoms with Gasteiger partial charge in [0.1, 0.15) is 18.1 Å². The molecule has 0 spiro atoms. The lowest BCUT2D eigenvalue weighted by Gasteiger charge is -2.43. The number of aromatic nitrogens is 1. The van der Waals surface area contributed by atoms with E-state index in [1.54, 1.807) is 37.6 Å². The standard InChI is InChI=1S/C32H33BN2O7/c1-40-19-21-16-25-30(32(38)35(31(25)37)22-7-3-2-4-8-22)26-17-33(39)42-28(29(21)26)13-10-20(27-9-5-6-14-34-27)15-23-11-12-24(18-36)41-23/h2-9,11-12,14-15,25-26,28,30,36,39H,10,13,16-19H2,1H3/b20-15-/t25-,26+,28-,30-/m1/s1. The van der Waals surface area contributed by atoms with Crippen LogP contribution in [0.1, 0.15) is 36.5 Å². The third-order valence-corrected chi connectivity index (χ3v) is 8.47. The van der Waals surface area contributed by atoms with Crippen LogP contribution >= 0.6 is 0 Å². The minimum atomic E-state index is -1.07. The maximum atomic E-state index is 13.8. The van der Waals surface area contributed by atoms with E-state index in [1.807, 2.05) is 42.5 Å². The third-order valence-electron chi connectivity index (χ3n) is 8.47. The summed E-state index contributed by atoms with van der Waals surface area (Å²) in [6, 6.07) is 18.2. The Bertz CT molecular complexity index is 1500. The smallest absolute Gasteiger partial charge is 0.455 e. The molecule has 2 fully saturated rings. The van der Waals surface area contributed by atoms with Crippen molar-refractivity contribution in [2.75, 3.05) is 18.6 Å². The van der Waals surface area contributed by atoms with Gasteiger partial charge in [-0.25, -0.2) is 0 Å². The van der Waals surface area contributed by atoms with Crippen LogP contribution < -0.4 is 4.90 Å². The highest BCUT2D eigenvalue weighted by atomic mass is 16.5. The number of anilines is 1. The first kappa shape index (κ1) is 28.3. The Morgan fingerprint density at radius 1 is 1.10 bits per heavy atom. The van der Waals surface area contributed by atoms with Gasteiger partial charge in [-0.15, -0.1) is 0 Å². The molecule has 3 aliphatic rings. The average molecular weight is 568 g/mol. The lowest BCUT2D eigenvalue weighted by atomic mass is 9.58. The van der Waals surface area contributed by atoms with Crippen LogP contribution in [-0.4, -0.2) is 53.9 Å². The number of methoxy groups -OCH3 is 1. The number of amides is 2. The number of benzene rings is 1. The second kappa shape index (κ2) is 12.2. The van der Waals surface area contributed by atoms with Gasteiger partial charge in [0.25, 0.3) is 0 Å². The van der Waals surface area contributed by atoms with Gasteiger partial charge in [0, 0.05) is 13.3 Å². The fourth-order valence-electron chi connectivity index (χ4n) is 6.74. The molecule has 9 nitrogen and oxygen atoms in total. The Morgan fingerprint density at radius 2 is 1.90 bits per heavy atom. The summed E-state index contributed by atoms with van der Waals surface area (Å²) >= 11 is 0. The second-order valence-electron chi connectivity index (χ2n) is 11.0. The molecule has 0 bridgehead atoms. The summed E-state index contributed by atoms with van der Waals surface area (Å²) in [6.07, 6.45) is 4.84. The Kier molecular flexibility index (Phi) is 8.21. The molecular formula is C32H33BN2O7. The topological polar surface area (TPSA) is 122 Å². The molecule has 2 N–H and O–H groups in total. The SMILES string of the molecule is COCC1=C2[C@@H](CC/C(=C/c3ccc(CO)o3)c3ccccn3)OB(O)C[C@@H]2[C@@H]2C(=O)N(c3ccccc3)C(=O)[C@@H]2C1. The molecule has 2 aliphatic heterocycles. The van der Waals surface area contributed by atoms with E-state index in [2.05, 4.69) is 4.98 Å². The van der Waals surface area contributed by atoms with Gasteiger partial charge in [-0.2, -0.15) is 0 Å². The number of aliphatic hydroxyl groups is 1. The van der Waals surface area contributed by atoms with E-state index in [9.17, 15) is 19.7 Å². The number of pyridine rings is 1. The van der Waals surface area contributed by atoms with Gasteiger partial charge in [-0.05, 0) is 90.7 Å². The van der Waals surface area contributed by atoms with E-state index in [4.69, 9.17) is 13.8 Å². The predicted molar refractivity (Wildman–Crippen MR) is 157 cm³/mol. The molecule has 10 heteroatoms. The summed E-state index contributed by atoms with van der Waals surface area (Å²) in [5.41, 5.74) is 4.16. The summed E-state index contributed by atoms with van der Waals surface area (Å²) < 4.78 is 17.4. The number of fused-ring (bicyclic) bond motifs is 3. The number of carbonyl (C=O) groups is 2. The van der Waals surface area contributed by atoms with Crippen molar-refractivity contribution < 1.29 is 33.5 Å². The monoisotopic (exact) mass is 568 g/mol. The molecule has 2 saturated heterocycles. The van der Waals surface area contributed by atoms with Crippen LogP contribution in [0.3, 0.4) is 0 Å². The average Bonchev–Trinajstić information content (AvgIpc) is 3.57. The number of ether oxygens (including phenoxy) is 1. The van der Waals surface area contributed by atoms with Crippen molar-refractivity contribution >= 4 is 36.3 Å². The number of carbonyl (C=O) groups excluding carboxylic acids is 2. The summed E-state index contributed by atoms with van der Waals surface area (Å²) in [7, 11) is 0.547. The Morgan fingerprint density at radius 3 is 2.62 bits per heavy atom. The second-order valence-corrected chi connectivity index (χ2v) is 11.0. The maximum Gasteiger partial charge on any atom is 0.455 e. The highest BCUT2D eigenvalue weighted by Crippen LogP contribution is 2.51. The van der Waals surface area contributed by atoms with Crippen molar-refractivity contribution in [3.8, 4) is 0 Å². The van der Waals surface area contributed by atoms with Gasteiger partial charge in [0.05, 0.1) is 35.9 Å². The summed E-state index contributed by atoms with van der Waals surface area (Å²) in [5.74, 6) is -0.789. The fraction of sp³-hybridized carbons (Fsp3) is 0.344. The van der Waals surface area contributed by atoms with Crippen molar-refractivity contribution in [1.82, 2.24) is 4.98 Å². The zero-order valence-electron chi connectivity index (χ0n) is 23.4. The summed E-state index contributed by atoms with van der Waals surface area (Å²) in [5, 5.41) is 20.3. The number of aliphatic hydroxyl groups excluding tert-OH is 1. The first-order valence-corrected chi connectivity index (χ1v) is 14.3. The van der Waals surface area contributed by atoms with Gasteiger partial charge in [-0.3, -0.25) is 19.5 Å². The van der Waals surface area contributed by atoms with Crippen LogP contribution in [0.5, 0.6) is 0 Å². The molecular weight excluding hydrogens is 535 g/mol. The molecule has 1 aliphatic carbocycles. The molecule has 2 amide bonds. The van der Waals surface area contributed by atoms with Crippen LogP contribution in [-0.2, 0) is 25.6 Å². The highest BCUT2D eigenvalue weighted by molar-refractivity contribution is 6.43. The summed E-state index contributed by atoms with van der Waals surface area (Å²) in [4.78, 5) is 33.3. The number of allylic oxidation sites excluding steroid dienone is 1. The number of para-hydroxylation sites is 1. The van der Waals surface area contributed by atoms with Crippen molar-refractivity contribution in [3.63, 3.8) is 0 Å². The predicted octanol–water partition coefficient (Wildman–Crippen LogP) is 4.14. The third kappa shape index (κ3) is 5.38. The molecule has 1 aromatic carbocycles. The molecule has 0 radical (unpaired) electrons. The lowest BCUT2D eigenvalue weighted by molar-refractivity contribution is -0.122. The first-order chi connectivity index (χ1) is 20.5. The minimum Gasteiger partial charge on any atom is -0.459 e. The van der Waals surface area contributed by atoms with Crippen LogP contribution in [0.2, 0.25) is 6.32 Å². The van der Waals surface area contributed by atoms with Crippen LogP contribution in [0.15, 0.2) is 82.4 Å². The van der Waals surface area contributed by atoms with Crippen LogP contribution in [0, 0.1) is 17.8 Å². The molecule has 4 atom stereocenters. The molecule has 6 rings (SSSR count). The van der Waals surface area contributed by atoms with E-state index in [1.165, 1.54) is 4.90 Å². The Balaban J connectivity index is 1.32. The lowest BCUT2D eigenvalue weighted by Crippen LogP contribution is -2.46.